The Hall–Kier alpha value is -3.84. The second-order valence-corrected chi connectivity index (χ2v) is 8.88. The molecule has 0 aliphatic heterocycles. The minimum absolute atomic E-state index is 1.19. The van der Waals surface area contributed by atoms with Crippen LogP contribution in [0.3, 0.4) is 0 Å². The summed E-state index contributed by atoms with van der Waals surface area (Å²) in [5, 5.41) is 0. The molecular weight excluding hydrogens is 474 g/mol. The maximum absolute atomic E-state index is 8.49. The summed E-state index contributed by atoms with van der Waals surface area (Å²) >= 11 is 0. The zero-order valence-corrected chi connectivity index (χ0v) is 20.3. The number of pyridine rings is 1. The van der Waals surface area contributed by atoms with Gasteiger partial charge in [0.25, 0.3) is 0 Å². The van der Waals surface area contributed by atoms with Crippen LogP contribution in [0.15, 0.2) is 128 Å². The molecule has 0 N–H and O–H groups in total. The average molecular weight is 498 g/mol. The summed E-state index contributed by atoms with van der Waals surface area (Å²) in [5.41, 5.74) is 9.80. The average Bonchev–Trinajstić information content (AvgIpc) is 2.89. The molecule has 0 radical (unpaired) electrons. The Morgan fingerprint density at radius 2 is 0.889 bits per heavy atom. The number of benzene rings is 4. The minimum atomic E-state index is -4.94. The van der Waals surface area contributed by atoms with E-state index in [4.69, 9.17) is 18.6 Å². The van der Waals surface area contributed by atoms with Crippen molar-refractivity contribution in [1.82, 2.24) is 0 Å². The first-order valence-corrected chi connectivity index (χ1v) is 12.5. The summed E-state index contributed by atoms with van der Waals surface area (Å²) < 4.78 is 36.2. The molecule has 1 aromatic heterocycles. The Balaban J connectivity index is 0.000000556. The fourth-order valence-electron chi connectivity index (χ4n) is 4.19. The lowest BCUT2D eigenvalue weighted by Crippen LogP contribution is -2.68. The first-order valence-electron chi connectivity index (χ1n) is 11.2. The lowest BCUT2D eigenvalue weighted by Gasteiger charge is -2.17. The molecule has 36 heavy (non-hydrogen) atoms. The Morgan fingerprint density at radius 1 is 0.500 bits per heavy atom. The quantitative estimate of drug-likeness (QED) is 0.356. The van der Waals surface area contributed by atoms with E-state index in [0.717, 1.165) is 0 Å². The normalized spacial score (nSPS) is 10.9. The van der Waals surface area contributed by atoms with Crippen LogP contribution in [-0.4, -0.2) is 0 Å². The standard InChI is InChI=1S/C30H24N.ClHO4/c1-31-20-12-11-19-29(31)30-27(24-15-7-3-8-16-24)21-26(23-13-5-2-6-14-23)22-28(30)25-17-9-4-10-18-25;2-1(3,4)5/h2-22H,1H3;(H,2,3,4,5)/q+1;/p-1. The van der Waals surface area contributed by atoms with Gasteiger partial charge in [-0.3, -0.25) is 0 Å². The Labute approximate surface area is 212 Å². The van der Waals surface area contributed by atoms with E-state index in [0.29, 0.717) is 0 Å². The molecule has 0 saturated heterocycles. The van der Waals surface area contributed by atoms with Crippen LogP contribution in [0.1, 0.15) is 0 Å². The van der Waals surface area contributed by atoms with E-state index >= 15 is 0 Å². The van der Waals surface area contributed by atoms with Gasteiger partial charge in [0.1, 0.15) is 7.05 Å². The van der Waals surface area contributed by atoms with Crippen LogP contribution >= 0.6 is 0 Å². The first-order chi connectivity index (χ1) is 17.3. The summed E-state index contributed by atoms with van der Waals surface area (Å²) in [6.07, 6.45) is 2.12. The van der Waals surface area contributed by atoms with Crippen molar-refractivity contribution in [2.75, 3.05) is 0 Å². The molecule has 0 unspecified atom stereocenters. The van der Waals surface area contributed by atoms with E-state index in [1.165, 1.54) is 44.6 Å². The molecule has 6 heteroatoms. The van der Waals surface area contributed by atoms with Crippen LogP contribution in [0.2, 0.25) is 0 Å². The third-order valence-electron chi connectivity index (χ3n) is 5.73. The Morgan fingerprint density at radius 3 is 1.31 bits per heavy atom. The lowest BCUT2D eigenvalue weighted by atomic mass is 9.86. The lowest BCUT2D eigenvalue weighted by molar-refractivity contribution is -2.00. The van der Waals surface area contributed by atoms with Crippen molar-refractivity contribution >= 4 is 0 Å². The van der Waals surface area contributed by atoms with Crippen molar-refractivity contribution in [3.63, 3.8) is 0 Å². The topological polar surface area (TPSA) is 96.1 Å². The molecule has 0 aliphatic rings. The van der Waals surface area contributed by atoms with Gasteiger partial charge in [0, 0.05) is 12.1 Å². The van der Waals surface area contributed by atoms with Crippen molar-refractivity contribution in [3.8, 4) is 44.6 Å². The summed E-state index contributed by atoms with van der Waals surface area (Å²) in [6.45, 7) is 0. The van der Waals surface area contributed by atoms with Gasteiger partial charge < -0.3 is 0 Å². The number of hydrogen-bond donors (Lipinski definition) is 0. The molecule has 0 bridgehead atoms. The maximum Gasteiger partial charge on any atom is 0.213 e. The highest BCUT2D eigenvalue weighted by Crippen LogP contribution is 2.42. The van der Waals surface area contributed by atoms with Crippen molar-refractivity contribution in [3.05, 3.63) is 128 Å². The second kappa shape index (κ2) is 11.3. The van der Waals surface area contributed by atoms with Crippen LogP contribution in [0, 0.1) is 10.2 Å². The van der Waals surface area contributed by atoms with E-state index in [1.54, 1.807) is 0 Å². The predicted octanol–water partition coefficient (Wildman–Crippen LogP) is 2.42. The number of nitrogens with zero attached hydrogens (tertiary/aromatic N) is 1. The summed E-state index contributed by atoms with van der Waals surface area (Å²) in [4.78, 5) is 0. The zero-order valence-electron chi connectivity index (χ0n) is 19.6. The predicted molar refractivity (Wildman–Crippen MR) is 129 cm³/mol. The summed E-state index contributed by atoms with van der Waals surface area (Å²) in [6, 6.07) is 43.1. The van der Waals surface area contributed by atoms with Gasteiger partial charge in [-0.05, 0) is 51.6 Å². The van der Waals surface area contributed by atoms with Crippen LogP contribution in [0.25, 0.3) is 44.6 Å². The second-order valence-electron chi connectivity index (χ2n) is 8.12. The molecule has 5 nitrogen and oxygen atoms in total. The number of aromatic nitrogens is 1. The van der Waals surface area contributed by atoms with Gasteiger partial charge in [0.05, 0.1) is 5.56 Å². The van der Waals surface area contributed by atoms with E-state index < -0.39 is 10.2 Å². The smallest absolute Gasteiger partial charge is 0.213 e. The van der Waals surface area contributed by atoms with Crippen molar-refractivity contribution in [2.45, 2.75) is 0 Å². The van der Waals surface area contributed by atoms with Crippen LogP contribution in [-0.2, 0) is 7.05 Å². The highest BCUT2D eigenvalue weighted by Gasteiger charge is 2.21. The molecule has 4 aromatic carbocycles. The fraction of sp³-hybridized carbons (Fsp3) is 0.0333. The molecule has 0 fully saturated rings. The highest BCUT2D eigenvalue weighted by molar-refractivity contribution is 5.96. The largest absolute Gasteiger partial charge is 0.222 e. The van der Waals surface area contributed by atoms with Gasteiger partial charge in [-0.15, -0.1) is 10.2 Å². The van der Waals surface area contributed by atoms with E-state index in [1.807, 2.05) is 0 Å². The molecule has 1 heterocycles. The van der Waals surface area contributed by atoms with Crippen molar-refractivity contribution < 1.29 is 33.4 Å². The minimum Gasteiger partial charge on any atom is -0.222 e. The van der Waals surface area contributed by atoms with Gasteiger partial charge in [0.2, 0.25) is 5.69 Å². The van der Waals surface area contributed by atoms with Crippen molar-refractivity contribution in [1.29, 1.82) is 0 Å². The van der Waals surface area contributed by atoms with Gasteiger partial charge in [-0.1, -0.05) is 91.0 Å². The first kappa shape index (κ1) is 25.3. The summed E-state index contributed by atoms with van der Waals surface area (Å²) in [5.74, 6) is 0. The molecule has 0 spiro atoms. The molecular formula is C30H24ClNO4. The highest BCUT2D eigenvalue weighted by atomic mass is 35.7. The van der Waals surface area contributed by atoms with Gasteiger partial charge >= 0.3 is 0 Å². The number of rotatable bonds is 4. The van der Waals surface area contributed by atoms with E-state index in [-0.39, 0.29) is 0 Å². The number of hydrogen-bond acceptors (Lipinski definition) is 4. The van der Waals surface area contributed by atoms with E-state index in [2.05, 4.69) is 139 Å². The zero-order chi connectivity index (χ0) is 25.5. The molecule has 180 valence electrons. The van der Waals surface area contributed by atoms with Gasteiger partial charge in [0.15, 0.2) is 6.20 Å². The number of aryl methyl sites for hydroxylation is 1. The van der Waals surface area contributed by atoms with Crippen molar-refractivity contribution in [2.24, 2.45) is 7.05 Å². The van der Waals surface area contributed by atoms with Crippen LogP contribution in [0.5, 0.6) is 0 Å². The molecule has 0 aliphatic carbocycles. The third-order valence-corrected chi connectivity index (χ3v) is 5.73. The molecule has 5 aromatic rings. The fourth-order valence-corrected chi connectivity index (χ4v) is 4.19. The molecule has 5 rings (SSSR count). The Kier molecular flexibility index (Phi) is 7.90. The van der Waals surface area contributed by atoms with E-state index in [9.17, 15) is 0 Å². The Bertz CT molecular complexity index is 1350. The van der Waals surface area contributed by atoms with Gasteiger partial charge in [-0.2, -0.15) is 0 Å². The SMILES string of the molecule is C[n+]1ccccc1-c1c(-c2ccccc2)cc(-c2ccccc2)cc1-c1ccccc1.[O-][Cl+3]([O-])([O-])[O-]. The van der Waals surface area contributed by atoms with Crippen LogP contribution < -0.4 is 23.2 Å². The third kappa shape index (κ3) is 6.43. The molecule has 0 amide bonds. The van der Waals surface area contributed by atoms with Crippen LogP contribution in [0.4, 0.5) is 0 Å². The molecule has 0 saturated carbocycles. The van der Waals surface area contributed by atoms with Gasteiger partial charge in [-0.25, -0.2) is 23.2 Å². The monoisotopic (exact) mass is 497 g/mol. The number of halogens is 1. The summed E-state index contributed by atoms with van der Waals surface area (Å²) in [7, 11) is -2.83. The maximum atomic E-state index is 8.49. The molecule has 0 atom stereocenters.